The monoisotopic (exact) mass is 221 g/mol. The molecule has 4 nitrogen and oxygen atoms in total. The molecule has 0 spiro atoms. The number of amides is 1. The molecule has 0 bridgehead atoms. The summed E-state index contributed by atoms with van der Waals surface area (Å²) in [6.07, 6.45) is 2.98. The highest BCUT2D eigenvalue weighted by Crippen LogP contribution is 2.19. The third-order valence-corrected chi connectivity index (χ3v) is 2.54. The fraction of sp³-hybridized carbons (Fsp3) is 0.417. The Labute approximate surface area is 94.3 Å². The third kappa shape index (κ3) is 2.73. The van der Waals surface area contributed by atoms with E-state index in [9.17, 15) is 4.79 Å². The number of hydrogen-bond acceptors (Lipinski definition) is 3. The summed E-state index contributed by atoms with van der Waals surface area (Å²) >= 11 is 0. The van der Waals surface area contributed by atoms with E-state index in [-0.39, 0.29) is 6.29 Å². The standard InChI is InChI=1S/C12H15NO3/c13-12(14)9-4-6-10(7-5-9)16-11-3-1-2-8-15-11/h4-7,11H,1-3,8H2,(H2,13,14). The van der Waals surface area contributed by atoms with E-state index in [0.717, 1.165) is 25.9 Å². The second-order valence-electron chi connectivity index (χ2n) is 3.80. The Morgan fingerprint density at radius 3 is 2.62 bits per heavy atom. The normalized spacial score (nSPS) is 20.4. The van der Waals surface area contributed by atoms with Gasteiger partial charge in [0.25, 0.3) is 0 Å². The molecule has 0 aliphatic carbocycles. The maximum atomic E-state index is 10.9. The number of ether oxygens (including phenoxy) is 2. The van der Waals surface area contributed by atoms with Crippen LogP contribution in [-0.2, 0) is 4.74 Å². The lowest BCUT2D eigenvalue weighted by Crippen LogP contribution is -2.25. The van der Waals surface area contributed by atoms with Crippen LogP contribution in [0.4, 0.5) is 0 Å². The zero-order chi connectivity index (χ0) is 11.4. The lowest BCUT2D eigenvalue weighted by atomic mass is 10.2. The van der Waals surface area contributed by atoms with E-state index in [4.69, 9.17) is 15.2 Å². The minimum absolute atomic E-state index is 0.159. The number of rotatable bonds is 3. The predicted octanol–water partition coefficient (Wildman–Crippen LogP) is 1.69. The Morgan fingerprint density at radius 1 is 1.31 bits per heavy atom. The Bertz CT molecular complexity index is 355. The van der Waals surface area contributed by atoms with E-state index in [1.807, 2.05) is 0 Å². The fourth-order valence-corrected chi connectivity index (χ4v) is 1.65. The number of benzene rings is 1. The highest BCUT2D eigenvalue weighted by molar-refractivity contribution is 5.92. The van der Waals surface area contributed by atoms with Gasteiger partial charge in [-0.1, -0.05) is 0 Å². The molecule has 0 saturated carbocycles. The van der Waals surface area contributed by atoms with Crippen molar-refractivity contribution in [2.75, 3.05) is 6.61 Å². The zero-order valence-corrected chi connectivity index (χ0v) is 9.02. The highest BCUT2D eigenvalue weighted by atomic mass is 16.7. The van der Waals surface area contributed by atoms with E-state index < -0.39 is 5.91 Å². The van der Waals surface area contributed by atoms with E-state index in [0.29, 0.717) is 11.3 Å². The SMILES string of the molecule is NC(=O)c1ccc(OC2CCCCO2)cc1. The van der Waals surface area contributed by atoms with Gasteiger partial charge in [-0.15, -0.1) is 0 Å². The minimum Gasteiger partial charge on any atom is -0.465 e. The van der Waals surface area contributed by atoms with Crippen molar-refractivity contribution in [1.29, 1.82) is 0 Å². The molecule has 86 valence electrons. The number of hydrogen-bond donors (Lipinski definition) is 1. The average Bonchev–Trinajstić information content (AvgIpc) is 2.31. The second kappa shape index (κ2) is 4.99. The maximum Gasteiger partial charge on any atom is 0.248 e. The second-order valence-corrected chi connectivity index (χ2v) is 3.80. The van der Waals surface area contributed by atoms with Crippen molar-refractivity contribution in [3.8, 4) is 5.75 Å². The molecule has 0 aromatic heterocycles. The van der Waals surface area contributed by atoms with Crippen molar-refractivity contribution < 1.29 is 14.3 Å². The first-order valence-electron chi connectivity index (χ1n) is 5.44. The largest absolute Gasteiger partial charge is 0.465 e. The molecule has 2 rings (SSSR count). The Morgan fingerprint density at radius 2 is 2.06 bits per heavy atom. The van der Waals surface area contributed by atoms with Crippen LogP contribution in [0, 0.1) is 0 Å². The lowest BCUT2D eigenvalue weighted by Gasteiger charge is -2.23. The quantitative estimate of drug-likeness (QED) is 0.844. The van der Waals surface area contributed by atoms with E-state index in [1.165, 1.54) is 0 Å². The fourth-order valence-electron chi connectivity index (χ4n) is 1.65. The van der Waals surface area contributed by atoms with Gasteiger partial charge in [0.1, 0.15) is 5.75 Å². The summed E-state index contributed by atoms with van der Waals surface area (Å²) in [6, 6.07) is 6.77. The molecule has 1 saturated heterocycles. The van der Waals surface area contributed by atoms with Crippen LogP contribution in [-0.4, -0.2) is 18.8 Å². The van der Waals surface area contributed by atoms with Crippen molar-refractivity contribution in [1.82, 2.24) is 0 Å². The molecule has 1 fully saturated rings. The van der Waals surface area contributed by atoms with Crippen molar-refractivity contribution in [2.45, 2.75) is 25.6 Å². The summed E-state index contributed by atoms with van der Waals surface area (Å²) in [5, 5.41) is 0. The van der Waals surface area contributed by atoms with Crippen LogP contribution in [0.2, 0.25) is 0 Å². The molecule has 1 aromatic rings. The Balaban J connectivity index is 1.96. The molecule has 16 heavy (non-hydrogen) atoms. The van der Waals surface area contributed by atoms with Crippen LogP contribution < -0.4 is 10.5 Å². The van der Waals surface area contributed by atoms with Gasteiger partial charge in [0.05, 0.1) is 6.61 Å². The van der Waals surface area contributed by atoms with Gasteiger partial charge in [-0.25, -0.2) is 0 Å². The number of nitrogens with two attached hydrogens (primary N) is 1. The van der Waals surface area contributed by atoms with Crippen LogP contribution in [0.5, 0.6) is 5.75 Å². The van der Waals surface area contributed by atoms with Gasteiger partial charge in [0.2, 0.25) is 5.91 Å². The average molecular weight is 221 g/mol. The first-order chi connectivity index (χ1) is 7.75. The van der Waals surface area contributed by atoms with E-state index in [1.54, 1.807) is 24.3 Å². The molecule has 1 amide bonds. The van der Waals surface area contributed by atoms with Gasteiger partial charge in [-0.3, -0.25) is 4.79 Å². The molecule has 1 aromatic carbocycles. The molecule has 2 N–H and O–H groups in total. The molecule has 1 heterocycles. The topological polar surface area (TPSA) is 61.6 Å². The van der Waals surface area contributed by atoms with Crippen molar-refractivity contribution in [2.24, 2.45) is 5.73 Å². The first-order valence-corrected chi connectivity index (χ1v) is 5.44. The van der Waals surface area contributed by atoms with Gasteiger partial charge in [0.15, 0.2) is 6.29 Å². The number of carbonyl (C=O) groups excluding carboxylic acids is 1. The van der Waals surface area contributed by atoms with Gasteiger partial charge in [-0.2, -0.15) is 0 Å². The summed E-state index contributed by atoms with van der Waals surface area (Å²) < 4.78 is 11.1. The summed E-state index contributed by atoms with van der Waals surface area (Å²) in [4.78, 5) is 10.9. The van der Waals surface area contributed by atoms with Crippen molar-refractivity contribution >= 4 is 5.91 Å². The van der Waals surface area contributed by atoms with Crippen molar-refractivity contribution in [3.05, 3.63) is 29.8 Å². The minimum atomic E-state index is -0.430. The molecular formula is C12H15NO3. The predicted molar refractivity (Wildman–Crippen MR) is 59.2 cm³/mol. The van der Waals surface area contributed by atoms with E-state index >= 15 is 0 Å². The molecule has 1 atom stereocenters. The molecular weight excluding hydrogens is 206 g/mol. The first kappa shape index (κ1) is 11.0. The van der Waals surface area contributed by atoms with Gasteiger partial charge in [0, 0.05) is 12.0 Å². The summed E-state index contributed by atoms with van der Waals surface area (Å²) in [5.74, 6) is 0.275. The highest BCUT2D eigenvalue weighted by Gasteiger charge is 2.15. The van der Waals surface area contributed by atoms with Gasteiger partial charge in [-0.05, 0) is 37.1 Å². The Hall–Kier alpha value is -1.55. The van der Waals surface area contributed by atoms with Crippen LogP contribution in [0.3, 0.4) is 0 Å². The molecule has 0 radical (unpaired) electrons. The van der Waals surface area contributed by atoms with Crippen LogP contribution in [0.15, 0.2) is 24.3 Å². The summed E-state index contributed by atoms with van der Waals surface area (Å²) in [7, 11) is 0. The summed E-state index contributed by atoms with van der Waals surface area (Å²) in [6.45, 7) is 0.754. The van der Waals surface area contributed by atoms with Crippen LogP contribution >= 0.6 is 0 Å². The van der Waals surface area contributed by atoms with E-state index in [2.05, 4.69) is 0 Å². The third-order valence-electron chi connectivity index (χ3n) is 2.54. The molecule has 4 heteroatoms. The number of primary amides is 1. The van der Waals surface area contributed by atoms with Gasteiger partial charge >= 0.3 is 0 Å². The molecule has 1 aliphatic rings. The molecule has 1 unspecified atom stereocenters. The lowest BCUT2D eigenvalue weighted by molar-refractivity contribution is -0.105. The zero-order valence-electron chi connectivity index (χ0n) is 9.02. The summed E-state index contributed by atoms with van der Waals surface area (Å²) in [5.41, 5.74) is 5.63. The van der Waals surface area contributed by atoms with Crippen molar-refractivity contribution in [3.63, 3.8) is 0 Å². The molecule has 1 aliphatic heterocycles. The maximum absolute atomic E-state index is 10.9. The smallest absolute Gasteiger partial charge is 0.248 e. The van der Waals surface area contributed by atoms with Crippen LogP contribution in [0.1, 0.15) is 29.6 Å². The van der Waals surface area contributed by atoms with Gasteiger partial charge < -0.3 is 15.2 Å². The number of carbonyl (C=O) groups is 1. The Kier molecular flexibility index (Phi) is 3.41. The van der Waals surface area contributed by atoms with Crippen LogP contribution in [0.25, 0.3) is 0 Å².